The molecule has 0 aromatic rings. The minimum atomic E-state index is -1.30. The summed E-state index contributed by atoms with van der Waals surface area (Å²) in [5.41, 5.74) is 0. The molecule has 0 bridgehead atoms. The van der Waals surface area contributed by atoms with Crippen LogP contribution in [0.25, 0.3) is 0 Å². The molecule has 0 saturated carbocycles. The van der Waals surface area contributed by atoms with E-state index in [1.54, 1.807) is 0 Å². The first kappa shape index (κ1) is 12.5. The van der Waals surface area contributed by atoms with E-state index in [0.717, 1.165) is 0 Å². The Labute approximate surface area is 93.9 Å². The molecule has 0 amide bonds. The fourth-order valence-corrected chi connectivity index (χ4v) is 2.09. The highest BCUT2D eigenvalue weighted by Crippen LogP contribution is 2.18. The molecule has 1 aliphatic heterocycles. The van der Waals surface area contributed by atoms with Gasteiger partial charge in [0.1, 0.15) is 0 Å². The van der Waals surface area contributed by atoms with Crippen molar-refractivity contribution in [3.8, 4) is 0 Å². The van der Waals surface area contributed by atoms with E-state index >= 15 is 0 Å². The van der Waals surface area contributed by atoms with E-state index in [1.807, 2.05) is 18.7 Å². The number of hydrogen-bond acceptors (Lipinski definition) is 4. The van der Waals surface area contributed by atoms with Gasteiger partial charge in [0.2, 0.25) is 0 Å². The largest absolute Gasteiger partial charge is 0.507 e. The lowest BCUT2D eigenvalue weighted by Crippen LogP contribution is -2.56. The van der Waals surface area contributed by atoms with Gasteiger partial charge in [-0.05, 0) is 13.8 Å². The molecular weight excluding hydrogens is 222 g/mol. The molecule has 0 spiro atoms. The van der Waals surface area contributed by atoms with Crippen LogP contribution in [0.15, 0.2) is 0 Å². The lowest BCUT2D eigenvalue weighted by Gasteiger charge is -2.41. The van der Waals surface area contributed by atoms with E-state index in [4.69, 9.17) is 26.2 Å². The van der Waals surface area contributed by atoms with Crippen LogP contribution in [0.4, 0.5) is 4.79 Å². The zero-order valence-electron chi connectivity index (χ0n) is 8.85. The third-order valence-electron chi connectivity index (χ3n) is 2.44. The summed E-state index contributed by atoms with van der Waals surface area (Å²) < 4.78 is 10.1. The minimum Gasteiger partial charge on any atom is -0.450 e. The summed E-state index contributed by atoms with van der Waals surface area (Å²) in [6, 6.07) is 0.216. The molecule has 0 aromatic carbocycles. The fraction of sp³-hybridized carbons (Fsp3) is 0.889. The molecule has 0 aliphatic carbocycles. The number of halogens is 1. The van der Waals surface area contributed by atoms with Crippen molar-refractivity contribution >= 4 is 17.8 Å². The third-order valence-corrected chi connectivity index (χ3v) is 2.70. The molecule has 0 radical (unpaired) electrons. The highest BCUT2D eigenvalue weighted by atomic mass is 35.5. The summed E-state index contributed by atoms with van der Waals surface area (Å²) >= 11 is 5.70. The first-order valence-corrected chi connectivity index (χ1v) is 5.40. The molecule has 5 nitrogen and oxygen atoms in total. The number of hydrogen-bond donors (Lipinski definition) is 1. The number of nitrogens with zero attached hydrogens (tertiary/aromatic N) is 1. The van der Waals surface area contributed by atoms with Gasteiger partial charge in [-0.25, -0.2) is 4.79 Å². The van der Waals surface area contributed by atoms with Gasteiger partial charge in [0, 0.05) is 12.1 Å². The second-order valence-corrected chi connectivity index (χ2v) is 3.98. The second-order valence-electron chi connectivity index (χ2n) is 3.68. The summed E-state index contributed by atoms with van der Waals surface area (Å²) in [5, 5.41) is 8.58. The molecule has 1 rings (SSSR count). The molecule has 1 aliphatic rings. The Bertz CT molecular complexity index is 216. The molecule has 1 saturated heterocycles. The zero-order chi connectivity index (χ0) is 11.4. The van der Waals surface area contributed by atoms with E-state index in [2.05, 4.69) is 0 Å². The molecule has 0 aromatic heterocycles. The van der Waals surface area contributed by atoms with Crippen molar-refractivity contribution in [2.45, 2.75) is 32.2 Å². The monoisotopic (exact) mass is 237 g/mol. The highest BCUT2D eigenvalue weighted by Gasteiger charge is 2.33. The lowest BCUT2D eigenvalue weighted by atomic mass is 10.1. The number of alkyl halides is 1. The molecule has 88 valence electrons. The zero-order valence-corrected chi connectivity index (χ0v) is 9.61. The Morgan fingerprint density at radius 1 is 1.60 bits per heavy atom. The normalized spacial score (nSPS) is 29.8. The van der Waals surface area contributed by atoms with Crippen LogP contribution < -0.4 is 0 Å². The molecule has 15 heavy (non-hydrogen) atoms. The van der Waals surface area contributed by atoms with Crippen LogP contribution in [-0.4, -0.2) is 53.6 Å². The summed E-state index contributed by atoms with van der Waals surface area (Å²) in [7, 11) is 0. The lowest BCUT2D eigenvalue weighted by molar-refractivity contribution is -0.118. The summed E-state index contributed by atoms with van der Waals surface area (Å²) in [6.45, 7) is 5.06. The number of carboxylic acid groups (broad SMARTS) is 1. The van der Waals surface area contributed by atoms with Crippen LogP contribution in [0.2, 0.25) is 0 Å². The number of morpholine rings is 1. The maximum absolute atomic E-state index is 10.5. The maximum Gasteiger partial charge on any atom is 0.507 e. The van der Waals surface area contributed by atoms with Gasteiger partial charge >= 0.3 is 6.16 Å². The smallest absolute Gasteiger partial charge is 0.450 e. The van der Waals surface area contributed by atoms with Gasteiger partial charge in [-0.1, -0.05) is 0 Å². The summed E-state index contributed by atoms with van der Waals surface area (Å²) in [5.74, 6) is 0.126. The van der Waals surface area contributed by atoms with Gasteiger partial charge in [-0.2, -0.15) is 0 Å². The van der Waals surface area contributed by atoms with E-state index in [0.29, 0.717) is 13.2 Å². The minimum absolute atomic E-state index is 0.108. The van der Waals surface area contributed by atoms with Crippen LogP contribution in [-0.2, 0) is 9.47 Å². The Hall–Kier alpha value is -0.520. The fourth-order valence-electron chi connectivity index (χ4n) is 1.87. The molecule has 1 heterocycles. The second kappa shape index (κ2) is 5.53. The van der Waals surface area contributed by atoms with Crippen LogP contribution in [0.5, 0.6) is 0 Å². The number of ether oxygens (including phenoxy) is 2. The Morgan fingerprint density at radius 2 is 2.13 bits per heavy atom. The number of carbonyl (C=O) groups is 1. The van der Waals surface area contributed by atoms with Gasteiger partial charge in [0.05, 0.1) is 19.1 Å². The molecule has 1 unspecified atom stereocenters. The molecule has 1 N–H and O–H groups in total. The van der Waals surface area contributed by atoms with Crippen LogP contribution >= 0.6 is 11.6 Å². The van der Waals surface area contributed by atoms with Crippen molar-refractivity contribution in [1.82, 2.24) is 4.90 Å². The van der Waals surface area contributed by atoms with E-state index in [1.165, 1.54) is 0 Å². The van der Waals surface area contributed by atoms with Crippen LogP contribution in [0, 0.1) is 0 Å². The third kappa shape index (κ3) is 3.22. The van der Waals surface area contributed by atoms with E-state index in [9.17, 15) is 4.79 Å². The van der Waals surface area contributed by atoms with Crippen molar-refractivity contribution in [3.63, 3.8) is 0 Å². The van der Waals surface area contributed by atoms with E-state index in [-0.39, 0.29) is 18.0 Å². The molecular formula is C9H16ClNO4. The standard InChI is InChI=1S/C9H16ClNO4/c1-6-4-14-5-7(2)11(6)8(3-10)15-9(12)13/h6-8H,3-5H2,1-2H3,(H,12,13)/t6-,7+,8?. The van der Waals surface area contributed by atoms with Gasteiger partial charge in [-0.3, -0.25) is 4.90 Å². The van der Waals surface area contributed by atoms with Gasteiger partial charge < -0.3 is 14.6 Å². The first-order chi connectivity index (χ1) is 7.06. The Kier molecular flexibility index (Phi) is 4.63. The Balaban J connectivity index is 2.66. The van der Waals surface area contributed by atoms with Crippen LogP contribution in [0.3, 0.4) is 0 Å². The van der Waals surface area contributed by atoms with Gasteiger partial charge in [-0.15, -0.1) is 11.6 Å². The highest BCUT2D eigenvalue weighted by molar-refractivity contribution is 6.18. The number of rotatable bonds is 3. The molecule has 6 heteroatoms. The molecule has 1 fully saturated rings. The van der Waals surface area contributed by atoms with Crippen LogP contribution in [0.1, 0.15) is 13.8 Å². The van der Waals surface area contributed by atoms with Crippen molar-refractivity contribution in [1.29, 1.82) is 0 Å². The SMILES string of the molecule is C[C@@H]1COC[C@H](C)N1C(CCl)OC(=O)O. The topological polar surface area (TPSA) is 59.0 Å². The van der Waals surface area contributed by atoms with Crippen molar-refractivity contribution < 1.29 is 19.4 Å². The molecule has 3 atom stereocenters. The predicted molar refractivity (Wildman–Crippen MR) is 55.2 cm³/mol. The predicted octanol–water partition coefficient (Wildman–Crippen LogP) is 1.36. The quantitative estimate of drug-likeness (QED) is 0.593. The average Bonchev–Trinajstić information content (AvgIpc) is 2.15. The summed E-state index contributed by atoms with van der Waals surface area (Å²) in [4.78, 5) is 12.4. The average molecular weight is 238 g/mol. The maximum atomic E-state index is 10.5. The first-order valence-electron chi connectivity index (χ1n) is 4.87. The van der Waals surface area contributed by atoms with Crippen molar-refractivity contribution in [2.75, 3.05) is 19.1 Å². The van der Waals surface area contributed by atoms with Crippen molar-refractivity contribution in [2.24, 2.45) is 0 Å². The Morgan fingerprint density at radius 3 is 2.53 bits per heavy atom. The van der Waals surface area contributed by atoms with E-state index < -0.39 is 12.4 Å². The van der Waals surface area contributed by atoms with Gasteiger partial charge in [0.25, 0.3) is 0 Å². The van der Waals surface area contributed by atoms with Gasteiger partial charge in [0.15, 0.2) is 6.23 Å². The van der Waals surface area contributed by atoms with Crippen molar-refractivity contribution in [3.05, 3.63) is 0 Å². The summed E-state index contributed by atoms with van der Waals surface area (Å²) in [6.07, 6.45) is -1.90.